The van der Waals surface area contributed by atoms with Crippen molar-refractivity contribution in [1.29, 1.82) is 0 Å². The van der Waals surface area contributed by atoms with Gasteiger partial charge in [0.1, 0.15) is 24.2 Å². The van der Waals surface area contributed by atoms with Gasteiger partial charge in [0.05, 0.1) is 19.3 Å². The molecular formula is C25H32N2O4. The van der Waals surface area contributed by atoms with E-state index >= 15 is 0 Å². The second-order valence-corrected chi connectivity index (χ2v) is 8.99. The molecule has 2 aromatic rings. The van der Waals surface area contributed by atoms with Crippen molar-refractivity contribution in [2.45, 2.75) is 58.7 Å². The van der Waals surface area contributed by atoms with Crippen molar-refractivity contribution in [1.82, 2.24) is 9.88 Å². The number of morpholine rings is 1. The number of hydrogen-bond acceptors (Lipinski definition) is 5. The normalized spacial score (nSPS) is 18.6. The molecule has 1 aromatic carbocycles. The second kappa shape index (κ2) is 8.87. The molecule has 1 unspecified atom stereocenters. The Morgan fingerprint density at radius 2 is 2.00 bits per heavy atom. The van der Waals surface area contributed by atoms with E-state index in [4.69, 9.17) is 14.2 Å². The average molecular weight is 425 g/mol. The number of fused-ring (bicyclic) bond motifs is 1. The van der Waals surface area contributed by atoms with Crippen LogP contribution >= 0.6 is 0 Å². The zero-order valence-electron chi connectivity index (χ0n) is 18.9. The summed E-state index contributed by atoms with van der Waals surface area (Å²) in [5.74, 6) is 1.52. The molecule has 6 heteroatoms. The van der Waals surface area contributed by atoms with Gasteiger partial charge in [0.2, 0.25) is 0 Å². The van der Waals surface area contributed by atoms with Crippen LogP contribution in [-0.4, -0.2) is 53.8 Å². The van der Waals surface area contributed by atoms with Gasteiger partial charge in [0.25, 0.3) is 5.91 Å². The summed E-state index contributed by atoms with van der Waals surface area (Å²) in [7, 11) is 0. The zero-order chi connectivity index (χ0) is 22.0. The number of ether oxygens (including phenoxy) is 3. The van der Waals surface area contributed by atoms with E-state index in [1.165, 1.54) is 16.7 Å². The Hall–Kier alpha value is -2.60. The summed E-state index contributed by atoms with van der Waals surface area (Å²) in [4.78, 5) is 19.4. The van der Waals surface area contributed by atoms with E-state index in [1.54, 1.807) is 6.20 Å². The highest BCUT2D eigenvalue weighted by Gasteiger charge is 2.37. The van der Waals surface area contributed by atoms with Gasteiger partial charge in [0, 0.05) is 12.2 Å². The van der Waals surface area contributed by atoms with Gasteiger partial charge in [0.15, 0.2) is 5.60 Å². The summed E-state index contributed by atoms with van der Waals surface area (Å²) in [6.45, 7) is 9.70. The van der Waals surface area contributed by atoms with Gasteiger partial charge < -0.3 is 19.1 Å². The summed E-state index contributed by atoms with van der Waals surface area (Å²) in [5, 5.41) is 0. The first kappa shape index (κ1) is 21.6. The molecule has 166 valence electrons. The third kappa shape index (κ3) is 4.85. The number of benzene rings is 1. The summed E-state index contributed by atoms with van der Waals surface area (Å²) >= 11 is 0. The molecular weight excluding hydrogens is 392 g/mol. The molecule has 6 nitrogen and oxygen atoms in total. The van der Waals surface area contributed by atoms with Crippen LogP contribution in [0.2, 0.25) is 0 Å². The molecule has 2 aliphatic rings. The van der Waals surface area contributed by atoms with E-state index in [2.05, 4.69) is 18.0 Å². The van der Waals surface area contributed by atoms with Crippen molar-refractivity contribution in [2.75, 3.05) is 26.3 Å². The zero-order valence-corrected chi connectivity index (χ0v) is 18.9. The first-order valence-corrected chi connectivity index (χ1v) is 11.1. The van der Waals surface area contributed by atoms with E-state index in [0.717, 1.165) is 30.7 Å². The van der Waals surface area contributed by atoms with Gasteiger partial charge in [-0.1, -0.05) is 6.07 Å². The summed E-state index contributed by atoms with van der Waals surface area (Å²) in [6.07, 6.45) is 4.78. The van der Waals surface area contributed by atoms with E-state index in [-0.39, 0.29) is 12.0 Å². The van der Waals surface area contributed by atoms with Crippen LogP contribution in [0.5, 0.6) is 11.5 Å². The monoisotopic (exact) mass is 424 g/mol. The van der Waals surface area contributed by atoms with Crippen LogP contribution in [0, 0.1) is 13.8 Å². The molecule has 0 N–H and O–H groups in total. The van der Waals surface area contributed by atoms with Crippen molar-refractivity contribution in [3.8, 4) is 11.5 Å². The predicted molar refractivity (Wildman–Crippen MR) is 119 cm³/mol. The maximum atomic E-state index is 13.3. The number of hydrogen-bond donors (Lipinski definition) is 0. The van der Waals surface area contributed by atoms with Crippen LogP contribution in [0.25, 0.3) is 0 Å². The number of carbonyl (C=O) groups is 1. The SMILES string of the molecule is Cc1ccc(OCC2CN(C(=O)C(C)(C)Oc3ccc(C)c4c3CCC4)CCO2)cn1. The predicted octanol–water partition coefficient (Wildman–Crippen LogP) is 3.65. The lowest BCUT2D eigenvalue weighted by atomic mass is 10.0. The Kier molecular flexibility index (Phi) is 6.19. The number of rotatable bonds is 6. The van der Waals surface area contributed by atoms with Gasteiger partial charge in [-0.2, -0.15) is 0 Å². The van der Waals surface area contributed by atoms with Crippen LogP contribution in [0.4, 0.5) is 0 Å². The van der Waals surface area contributed by atoms with E-state index < -0.39 is 5.60 Å². The minimum absolute atomic E-state index is 0.0230. The number of pyridine rings is 1. The topological polar surface area (TPSA) is 60.9 Å². The van der Waals surface area contributed by atoms with Crippen LogP contribution < -0.4 is 9.47 Å². The maximum Gasteiger partial charge on any atom is 0.266 e. The average Bonchev–Trinajstić information content (AvgIpc) is 3.26. The van der Waals surface area contributed by atoms with E-state index in [1.807, 2.05) is 43.9 Å². The molecule has 1 saturated heterocycles. The second-order valence-electron chi connectivity index (χ2n) is 8.99. The molecule has 2 heterocycles. The minimum atomic E-state index is -0.949. The molecule has 1 aliphatic heterocycles. The Labute approximate surface area is 184 Å². The standard InChI is InChI=1S/C25H32N2O4/c1-17-8-11-23(22-7-5-6-21(17)22)31-25(3,4)24(28)27-12-13-29-20(15-27)16-30-19-10-9-18(2)26-14-19/h8-11,14,20H,5-7,12-13,15-16H2,1-4H3. The number of carbonyl (C=O) groups excluding carboxylic acids is 1. The lowest BCUT2D eigenvalue weighted by Gasteiger charge is -2.37. The molecule has 0 bridgehead atoms. The van der Waals surface area contributed by atoms with Crippen molar-refractivity contribution in [2.24, 2.45) is 0 Å². The molecule has 1 amide bonds. The van der Waals surface area contributed by atoms with Crippen molar-refractivity contribution >= 4 is 5.91 Å². The highest BCUT2D eigenvalue weighted by atomic mass is 16.5. The fourth-order valence-electron chi connectivity index (χ4n) is 4.38. The molecule has 1 atom stereocenters. The number of amides is 1. The minimum Gasteiger partial charge on any atom is -0.489 e. The summed E-state index contributed by atoms with van der Waals surface area (Å²) < 4.78 is 18.0. The number of aryl methyl sites for hydroxylation is 2. The lowest BCUT2D eigenvalue weighted by Crippen LogP contribution is -2.55. The number of nitrogens with zero attached hydrogens (tertiary/aromatic N) is 2. The first-order chi connectivity index (χ1) is 14.8. The van der Waals surface area contributed by atoms with Crippen molar-refractivity contribution < 1.29 is 19.0 Å². The Morgan fingerprint density at radius 3 is 2.77 bits per heavy atom. The summed E-state index contributed by atoms with van der Waals surface area (Å²) in [5.41, 5.74) is 3.95. The van der Waals surface area contributed by atoms with Crippen molar-refractivity contribution in [3.63, 3.8) is 0 Å². The Morgan fingerprint density at radius 1 is 1.19 bits per heavy atom. The number of aromatic nitrogens is 1. The third-order valence-electron chi connectivity index (χ3n) is 6.10. The van der Waals surface area contributed by atoms with Crippen LogP contribution in [0.1, 0.15) is 42.7 Å². The van der Waals surface area contributed by atoms with Crippen molar-refractivity contribution in [3.05, 3.63) is 52.8 Å². The van der Waals surface area contributed by atoms with E-state index in [9.17, 15) is 4.79 Å². The van der Waals surface area contributed by atoms with Gasteiger partial charge >= 0.3 is 0 Å². The Bertz CT molecular complexity index is 939. The van der Waals surface area contributed by atoms with Gasteiger partial charge in [-0.25, -0.2) is 0 Å². The molecule has 4 rings (SSSR count). The largest absolute Gasteiger partial charge is 0.489 e. The fraction of sp³-hybridized carbons (Fsp3) is 0.520. The van der Waals surface area contributed by atoms with Gasteiger partial charge in [-0.05, 0) is 81.8 Å². The van der Waals surface area contributed by atoms with Gasteiger partial charge in [-0.3, -0.25) is 9.78 Å². The lowest BCUT2D eigenvalue weighted by molar-refractivity contribution is -0.153. The highest BCUT2D eigenvalue weighted by molar-refractivity contribution is 5.85. The molecule has 1 aromatic heterocycles. The Balaban J connectivity index is 1.38. The fourth-order valence-corrected chi connectivity index (χ4v) is 4.38. The van der Waals surface area contributed by atoms with Crippen LogP contribution in [0.15, 0.2) is 30.5 Å². The molecule has 0 saturated carbocycles. The quantitative estimate of drug-likeness (QED) is 0.708. The smallest absolute Gasteiger partial charge is 0.266 e. The molecule has 0 radical (unpaired) electrons. The third-order valence-corrected chi connectivity index (χ3v) is 6.10. The highest BCUT2D eigenvalue weighted by Crippen LogP contribution is 2.35. The van der Waals surface area contributed by atoms with Crippen LogP contribution in [0.3, 0.4) is 0 Å². The molecule has 1 fully saturated rings. The molecule has 31 heavy (non-hydrogen) atoms. The molecule has 0 spiro atoms. The van der Waals surface area contributed by atoms with Crippen LogP contribution in [-0.2, 0) is 22.4 Å². The van der Waals surface area contributed by atoms with Gasteiger partial charge in [-0.15, -0.1) is 0 Å². The maximum absolute atomic E-state index is 13.3. The first-order valence-electron chi connectivity index (χ1n) is 11.1. The van der Waals surface area contributed by atoms with E-state index in [0.29, 0.717) is 32.1 Å². The molecule has 1 aliphatic carbocycles. The summed E-state index contributed by atoms with van der Waals surface area (Å²) in [6, 6.07) is 7.92.